The first-order chi connectivity index (χ1) is 12.0. The van der Waals surface area contributed by atoms with E-state index in [4.69, 9.17) is 9.26 Å². The summed E-state index contributed by atoms with van der Waals surface area (Å²) in [5, 5.41) is 4.06. The molecule has 0 unspecified atom stereocenters. The minimum absolute atomic E-state index is 0.217. The Kier molecular flexibility index (Phi) is 5.39. The lowest BCUT2D eigenvalue weighted by Crippen LogP contribution is -2.38. The van der Waals surface area contributed by atoms with Crippen LogP contribution in [-0.2, 0) is 16.4 Å². The van der Waals surface area contributed by atoms with Gasteiger partial charge in [-0.2, -0.15) is 4.98 Å². The van der Waals surface area contributed by atoms with Crippen molar-refractivity contribution in [3.63, 3.8) is 0 Å². The molecule has 0 radical (unpaired) electrons. The first-order valence-corrected chi connectivity index (χ1v) is 10.3. The molecule has 2 heterocycles. The number of aromatic nitrogens is 2. The van der Waals surface area contributed by atoms with Crippen molar-refractivity contribution < 1.29 is 17.7 Å². The highest BCUT2D eigenvalue weighted by Gasteiger charge is 2.27. The van der Waals surface area contributed by atoms with Crippen LogP contribution in [0.25, 0.3) is 11.4 Å². The fourth-order valence-corrected chi connectivity index (χ4v) is 4.49. The third-order valence-electron chi connectivity index (χ3n) is 4.43. The Labute approximate surface area is 147 Å². The van der Waals surface area contributed by atoms with Crippen LogP contribution in [0.15, 0.2) is 28.8 Å². The highest BCUT2D eigenvalue weighted by atomic mass is 32.2. The second kappa shape index (κ2) is 7.53. The molecule has 0 N–H and O–H groups in total. The molecule has 0 spiro atoms. The van der Waals surface area contributed by atoms with Crippen molar-refractivity contribution in [1.29, 1.82) is 0 Å². The summed E-state index contributed by atoms with van der Waals surface area (Å²) in [4.78, 5) is 6.55. The monoisotopic (exact) mass is 365 g/mol. The Morgan fingerprint density at radius 2 is 2.00 bits per heavy atom. The number of hydrogen-bond acceptors (Lipinski definition) is 7. The predicted molar refractivity (Wildman–Crippen MR) is 94.0 cm³/mol. The van der Waals surface area contributed by atoms with Gasteiger partial charge in [0, 0.05) is 6.04 Å². The lowest BCUT2D eigenvalue weighted by atomic mass is 10.1. The number of hydrogen-bond donors (Lipinski definition) is 0. The van der Waals surface area contributed by atoms with Crippen LogP contribution >= 0.6 is 0 Å². The summed E-state index contributed by atoms with van der Waals surface area (Å²) in [6.45, 7) is 2.99. The molecule has 1 fully saturated rings. The van der Waals surface area contributed by atoms with Crippen LogP contribution in [0, 0.1) is 0 Å². The second-order valence-electron chi connectivity index (χ2n) is 6.24. The third kappa shape index (κ3) is 4.38. The van der Waals surface area contributed by atoms with E-state index in [1.54, 1.807) is 0 Å². The maximum atomic E-state index is 11.6. The second-order valence-corrected chi connectivity index (χ2v) is 8.54. The summed E-state index contributed by atoms with van der Waals surface area (Å²) in [7, 11) is -0.897. The molecule has 0 amide bonds. The highest BCUT2D eigenvalue weighted by Crippen LogP contribution is 2.28. The zero-order chi connectivity index (χ0) is 17.9. The number of benzene rings is 1. The largest absolute Gasteiger partial charge is 0.493 e. The fourth-order valence-electron chi connectivity index (χ4n) is 3.02. The van der Waals surface area contributed by atoms with Crippen molar-refractivity contribution in [2.75, 3.05) is 25.2 Å². The Bertz CT molecular complexity index is 805. The average molecular weight is 365 g/mol. The molecule has 3 rings (SSSR count). The van der Waals surface area contributed by atoms with Gasteiger partial charge in [0.2, 0.25) is 11.7 Å². The molecule has 1 aromatic heterocycles. The van der Waals surface area contributed by atoms with E-state index in [-0.39, 0.29) is 17.5 Å². The van der Waals surface area contributed by atoms with E-state index in [1.807, 2.05) is 38.2 Å². The lowest BCUT2D eigenvalue weighted by Gasteiger charge is -2.29. The molecule has 1 aliphatic rings. The van der Waals surface area contributed by atoms with E-state index in [2.05, 4.69) is 15.0 Å². The normalized spacial score (nSPS) is 17.7. The summed E-state index contributed by atoms with van der Waals surface area (Å²) in [5.41, 5.74) is 0.797. The van der Waals surface area contributed by atoms with Gasteiger partial charge >= 0.3 is 0 Å². The standard InChI is InChI=1S/C17H23N3O4S/c1-3-23-15-7-5-4-6-14(15)17-18-16(24-19-17)12-20(2)13-8-10-25(21,22)11-9-13/h4-7,13H,3,8-12H2,1-2H3. The van der Waals surface area contributed by atoms with Crippen molar-refractivity contribution in [2.24, 2.45) is 0 Å². The van der Waals surface area contributed by atoms with Gasteiger partial charge in [0.05, 0.1) is 30.2 Å². The van der Waals surface area contributed by atoms with Crippen LogP contribution in [0.5, 0.6) is 5.75 Å². The van der Waals surface area contributed by atoms with Crippen LogP contribution in [0.1, 0.15) is 25.7 Å². The lowest BCUT2D eigenvalue weighted by molar-refractivity contribution is 0.191. The number of sulfone groups is 1. The number of rotatable bonds is 6. The van der Waals surface area contributed by atoms with Crippen LogP contribution in [-0.4, -0.2) is 54.7 Å². The first-order valence-electron chi connectivity index (χ1n) is 8.44. The first kappa shape index (κ1) is 17.9. The molecule has 0 saturated carbocycles. The molecule has 0 bridgehead atoms. The Morgan fingerprint density at radius 3 is 2.72 bits per heavy atom. The zero-order valence-electron chi connectivity index (χ0n) is 14.5. The van der Waals surface area contributed by atoms with Crippen LogP contribution in [0.3, 0.4) is 0 Å². The molecule has 1 saturated heterocycles. The smallest absolute Gasteiger partial charge is 0.241 e. The van der Waals surface area contributed by atoms with Crippen molar-refractivity contribution in [1.82, 2.24) is 15.0 Å². The molecule has 1 aromatic carbocycles. The topological polar surface area (TPSA) is 85.5 Å². The minimum Gasteiger partial charge on any atom is -0.493 e. The zero-order valence-corrected chi connectivity index (χ0v) is 15.3. The quantitative estimate of drug-likeness (QED) is 0.775. The number of para-hydroxylation sites is 1. The van der Waals surface area contributed by atoms with Crippen molar-refractivity contribution in [3.8, 4) is 17.1 Å². The van der Waals surface area contributed by atoms with Gasteiger partial charge in [-0.25, -0.2) is 8.42 Å². The third-order valence-corrected chi connectivity index (χ3v) is 6.14. The van der Waals surface area contributed by atoms with Gasteiger partial charge in [-0.3, -0.25) is 4.90 Å². The van der Waals surface area contributed by atoms with Crippen LogP contribution in [0.4, 0.5) is 0 Å². The van der Waals surface area contributed by atoms with Crippen LogP contribution in [0.2, 0.25) is 0 Å². The molecule has 7 nitrogen and oxygen atoms in total. The Balaban J connectivity index is 1.68. The number of ether oxygens (including phenoxy) is 1. The van der Waals surface area contributed by atoms with E-state index in [9.17, 15) is 8.42 Å². The molecule has 1 aliphatic heterocycles. The van der Waals surface area contributed by atoms with Gasteiger partial charge < -0.3 is 9.26 Å². The molecule has 25 heavy (non-hydrogen) atoms. The average Bonchev–Trinajstić information content (AvgIpc) is 3.04. The summed E-state index contributed by atoms with van der Waals surface area (Å²) in [6.07, 6.45) is 1.29. The van der Waals surface area contributed by atoms with E-state index in [0.717, 1.165) is 11.3 Å². The molecular formula is C17H23N3O4S. The van der Waals surface area contributed by atoms with Gasteiger partial charge in [0.1, 0.15) is 15.6 Å². The fraction of sp³-hybridized carbons (Fsp3) is 0.529. The predicted octanol–water partition coefficient (Wildman–Crippen LogP) is 2.14. The molecule has 0 atom stereocenters. The maximum absolute atomic E-state index is 11.6. The minimum atomic E-state index is -2.86. The van der Waals surface area contributed by atoms with Gasteiger partial charge in [0.25, 0.3) is 0 Å². The van der Waals surface area contributed by atoms with Crippen LogP contribution < -0.4 is 4.74 Å². The molecule has 2 aromatic rings. The molecule has 8 heteroatoms. The summed E-state index contributed by atoms with van der Waals surface area (Å²) in [6, 6.07) is 7.80. The highest BCUT2D eigenvalue weighted by molar-refractivity contribution is 7.91. The molecule has 0 aliphatic carbocycles. The molecule has 136 valence electrons. The maximum Gasteiger partial charge on any atom is 0.241 e. The van der Waals surface area contributed by atoms with E-state index in [0.29, 0.717) is 37.7 Å². The summed E-state index contributed by atoms with van der Waals surface area (Å²) >= 11 is 0. The van der Waals surface area contributed by atoms with Gasteiger partial charge in [0.15, 0.2) is 0 Å². The Hall–Kier alpha value is -1.93. The molecular weight excluding hydrogens is 342 g/mol. The summed E-state index contributed by atoms with van der Waals surface area (Å²) < 4.78 is 34.1. The van der Waals surface area contributed by atoms with E-state index >= 15 is 0 Å². The van der Waals surface area contributed by atoms with Gasteiger partial charge in [-0.1, -0.05) is 17.3 Å². The van der Waals surface area contributed by atoms with Gasteiger partial charge in [-0.15, -0.1) is 0 Å². The SMILES string of the molecule is CCOc1ccccc1-c1noc(CN(C)C2CCS(=O)(=O)CC2)n1. The Morgan fingerprint density at radius 1 is 1.28 bits per heavy atom. The van der Waals surface area contributed by atoms with E-state index < -0.39 is 9.84 Å². The van der Waals surface area contributed by atoms with E-state index in [1.165, 1.54) is 0 Å². The van der Waals surface area contributed by atoms with Gasteiger partial charge in [-0.05, 0) is 38.9 Å². The number of nitrogens with zero attached hydrogens (tertiary/aromatic N) is 3. The van der Waals surface area contributed by atoms with Crippen molar-refractivity contribution in [3.05, 3.63) is 30.2 Å². The summed E-state index contributed by atoms with van der Waals surface area (Å²) in [5.74, 6) is 2.23. The van der Waals surface area contributed by atoms with Crippen molar-refractivity contribution >= 4 is 9.84 Å². The van der Waals surface area contributed by atoms with Crippen molar-refractivity contribution in [2.45, 2.75) is 32.4 Å².